The van der Waals surface area contributed by atoms with Gasteiger partial charge in [0.15, 0.2) is 5.82 Å². The number of benzene rings is 1. The van der Waals surface area contributed by atoms with Gasteiger partial charge in [-0.15, -0.1) is 5.10 Å². The summed E-state index contributed by atoms with van der Waals surface area (Å²) in [5, 5.41) is 14.3. The van der Waals surface area contributed by atoms with Gasteiger partial charge in [-0.3, -0.25) is 14.6 Å². The van der Waals surface area contributed by atoms with Gasteiger partial charge in [0, 0.05) is 37.8 Å². The van der Waals surface area contributed by atoms with E-state index in [1.165, 1.54) is 56.9 Å². The number of pyridine rings is 1. The Balaban J connectivity index is 1.38. The van der Waals surface area contributed by atoms with Crippen LogP contribution in [0.2, 0.25) is 0 Å². The van der Waals surface area contributed by atoms with Gasteiger partial charge in [-0.2, -0.15) is 0 Å². The summed E-state index contributed by atoms with van der Waals surface area (Å²) >= 11 is 0. The average Bonchev–Trinajstić information content (AvgIpc) is 3.40. The summed E-state index contributed by atoms with van der Waals surface area (Å²) in [7, 11) is 0. The van der Waals surface area contributed by atoms with Crippen LogP contribution in [0.25, 0.3) is 10.9 Å². The van der Waals surface area contributed by atoms with E-state index in [-0.39, 0.29) is 11.6 Å². The number of hydrogen-bond acceptors (Lipinski definition) is 6. The highest BCUT2D eigenvalue weighted by atomic mass is 16.1. The van der Waals surface area contributed by atoms with Crippen LogP contribution in [-0.4, -0.2) is 67.2 Å². The molecule has 2 aliphatic carbocycles. The lowest BCUT2D eigenvalue weighted by Crippen LogP contribution is -2.52. The van der Waals surface area contributed by atoms with Crippen molar-refractivity contribution in [1.29, 1.82) is 0 Å². The number of aromatic nitrogens is 5. The van der Waals surface area contributed by atoms with Crippen LogP contribution in [0.15, 0.2) is 23.0 Å². The lowest BCUT2D eigenvalue weighted by atomic mass is 9.93. The minimum atomic E-state index is -0.251. The van der Waals surface area contributed by atoms with Crippen LogP contribution < -0.4 is 5.56 Å². The number of H-pyrrole nitrogens is 1. The standard InChI is InChI=1S/C29H41N7O/c1-20-17-21(2)26-22(18-20)19-25(29(37)30-26)27(28-31-32-33-36(28)24-11-7-4-8-12-24)35-15-13-34(14-16-35)23-9-5-3-6-10-23/h17-19,23-24,27H,3-16H2,1-2H3,(H,30,37)/t27-/m1/s1. The molecule has 0 amide bonds. The Hall–Kier alpha value is -2.58. The Kier molecular flexibility index (Phi) is 7.12. The molecule has 3 heterocycles. The molecule has 3 aromatic rings. The molecule has 1 atom stereocenters. The van der Waals surface area contributed by atoms with Crippen molar-refractivity contribution in [2.75, 3.05) is 26.2 Å². The fourth-order valence-corrected chi connectivity index (χ4v) is 7.18. The molecule has 8 heteroatoms. The molecule has 37 heavy (non-hydrogen) atoms. The largest absolute Gasteiger partial charge is 0.321 e. The molecule has 1 aliphatic heterocycles. The summed E-state index contributed by atoms with van der Waals surface area (Å²) in [6.07, 6.45) is 12.7. The minimum Gasteiger partial charge on any atom is -0.321 e. The number of tetrazole rings is 1. The number of nitrogens with one attached hydrogen (secondary N) is 1. The molecule has 0 spiro atoms. The highest BCUT2D eigenvalue weighted by Gasteiger charge is 2.35. The van der Waals surface area contributed by atoms with Crippen LogP contribution in [0.1, 0.15) is 98.8 Å². The van der Waals surface area contributed by atoms with Gasteiger partial charge in [0.2, 0.25) is 0 Å². The number of rotatable bonds is 5. The lowest BCUT2D eigenvalue weighted by Gasteiger charge is -2.43. The molecule has 3 aliphatic rings. The molecule has 3 fully saturated rings. The molecule has 0 radical (unpaired) electrons. The molecule has 8 nitrogen and oxygen atoms in total. The van der Waals surface area contributed by atoms with Gasteiger partial charge in [-0.1, -0.05) is 50.2 Å². The van der Waals surface area contributed by atoms with Crippen molar-refractivity contribution in [2.45, 2.75) is 96.2 Å². The van der Waals surface area contributed by atoms with Crippen LogP contribution in [0, 0.1) is 13.8 Å². The smallest absolute Gasteiger partial charge is 0.253 e. The van der Waals surface area contributed by atoms with E-state index >= 15 is 0 Å². The van der Waals surface area contributed by atoms with Crippen LogP contribution in [0.4, 0.5) is 0 Å². The summed E-state index contributed by atoms with van der Waals surface area (Å²) in [4.78, 5) is 22.1. The van der Waals surface area contributed by atoms with Crippen molar-refractivity contribution < 1.29 is 0 Å². The average molecular weight is 504 g/mol. The quantitative estimate of drug-likeness (QED) is 0.545. The molecular formula is C29H41N7O. The van der Waals surface area contributed by atoms with Crippen LogP contribution >= 0.6 is 0 Å². The molecule has 0 unspecified atom stereocenters. The number of fused-ring (bicyclic) bond motifs is 1. The van der Waals surface area contributed by atoms with Crippen molar-refractivity contribution in [2.24, 2.45) is 0 Å². The van der Waals surface area contributed by atoms with E-state index in [0.717, 1.165) is 72.9 Å². The summed E-state index contributed by atoms with van der Waals surface area (Å²) in [6, 6.07) is 7.19. The van der Waals surface area contributed by atoms with Gasteiger partial charge in [0.05, 0.1) is 11.6 Å². The Labute approximate surface area is 219 Å². The molecular weight excluding hydrogens is 462 g/mol. The topological polar surface area (TPSA) is 82.9 Å². The molecule has 1 saturated heterocycles. The Bertz CT molecular complexity index is 1280. The third-order valence-corrected chi connectivity index (χ3v) is 9.11. The maximum atomic E-state index is 13.7. The SMILES string of the molecule is Cc1cc(C)c2[nH]c(=O)c([C@H](c3nnnn3C3CCCCC3)N3CCN(C4CCCCC4)CC3)cc2c1. The van der Waals surface area contributed by atoms with E-state index in [4.69, 9.17) is 0 Å². The predicted molar refractivity (Wildman–Crippen MR) is 146 cm³/mol. The van der Waals surface area contributed by atoms with E-state index in [2.05, 4.69) is 67.0 Å². The zero-order chi connectivity index (χ0) is 25.4. The second kappa shape index (κ2) is 10.7. The Morgan fingerprint density at radius 1 is 0.865 bits per heavy atom. The van der Waals surface area contributed by atoms with Gasteiger partial charge >= 0.3 is 0 Å². The number of hydrogen-bond donors (Lipinski definition) is 1. The molecule has 198 valence electrons. The van der Waals surface area contributed by atoms with E-state index in [1.807, 2.05) is 0 Å². The number of aryl methyl sites for hydroxylation is 2. The molecule has 2 aromatic heterocycles. The van der Waals surface area contributed by atoms with Gasteiger partial charge in [0.25, 0.3) is 5.56 Å². The molecule has 2 saturated carbocycles. The second-order valence-electron chi connectivity index (χ2n) is 11.6. The maximum absolute atomic E-state index is 13.7. The minimum absolute atomic E-state index is 0.0302. The summed E-state index contributed by atoms with van der Waals surface area (Å²) in [5.74, 6) is 0.826. The molecule has 1 N–H and O–H groups in total. The van der Waals surface area contributed by atoms with Crippen molar-refractivity contribution >= 4 is 10.9 Å². The van der Waals surface area contributed by atoms with Crippen LogP contribution in [0.5, 0.6) is 0 Å². The van der Waals surface area contributed by atoms with E-state index < -0.39 is 0 Å². The van der Waals surface area contributed by atoms with Gasteiger partial charge in [-0.05, 0) is 73.0 Å². The summed E-state index contributed by atoms with van der Waals surface area (Å²) < 4.78 is 2.06. The monoisotopic (exact) mass is 503 g/mol. The predicted octanol–water partition coefficient (Wildman–Crippen LogP) is 4.68. The van der Waals surface area contributed by atoms with Crippen LogP contribution in [0.3, 0.4) is 0 Å². The fourth-order valence-electron chi connectivity index (χ4n) is 7.18. The van der Waals surface area contributed by atoms with Gasteiger partial charge in [0.1, 0.15) is 6.04 Å². The van der Waals surface area contributed by atoms with Crippen molar-refractivity contribution in [3.63, 3.8) is 0 Å². The fraction of sp³-hybridized carbons (Fsp3) is 0.655. The Morgan fingerprint density at radius 3 is 2.24 bits per heavy atom. The number of piperazine rings is 1. The highest BCUT2D eigenvalue weighted by Crippen LogP contribution is 2.34. The first-order valence-electron chi connectivity index (χ1n) is 14.5. The Morgan fingerprint density at radius 2 is 1.54 bits per heavy atom. The zero-order valence-corrected chi connectivity index (χ0v) is 22.5. The van der Waals surface area contributed by atoms with Crippen molar-refractivity contribution in [1.82, 2.24) is 35.0 Å². The van der Waals surface area contributed by atoms with E-state index in [1.54, 1.807) is 0 Å². The van der Waals surface area contributed by atoms with Crippen molar-refractivity contribution in [3.05, 3.63) is 51.1 Å². The molecule has 1 aromatic carbocycles. The third kappa shape index (κ3) is 4.98. The summed E-state index contributed by atoms with van der Waals surface area (Å²) in [5.41, 5.74) is 3.95. The summed E-state index contributed by atoms with van der Waals surface area (Å²) in [6.45, 7) is 8.09. The normalized spacial score (nSPS) is 22.0. The maximum Gasteiger partial charge on any atom is 0.253 e. The van der Waals surface area contributed by atoms with E-state index in [9.17, 15) is 4.79 Å². The van der Waals surface area contributed by atoms with Gasteiger partial charge in [-0.25, -0.2) is 4.68 Å². The second-order valence-corrected chi connectivity index (χ2v) is 11.6. The lowest BCUT2D eigenvalue weighted by molar-refractivity contribution is 0.0610. The number of aromatic amines is 1. The third-order valence-electron chi connectivity index (χ3n) is 9.11. The van der Waals surface area contributed by atoms with Crippen LogP contribution in [-0.2, 0) is 0 Å². The first kappa shape index (κ1) is 24.7. The van der Waals surface area contributed by atoms with Gasteiger partial charge < -0.3 is 4.98 Å². The zero-order valence-electron chi connectivity index (χ0n) is 22.5. The number of nitrogens with zero attached hydrogens (tertiary/aromatic N) is 6. The first-order valence-corrected chi connectivity index (χ1v) is 14.5. The molecule has 0 bridgehead atoms. The van der Waals surface area contributed by atoms with Crippen molar-refractivity contribution in [3.8, 4) is 0 Å². The highest BCUT2D eigenvalue weighted by molar-refractivity contribution is 5.83. The first-order chi connectivity index (χ1) is 18.1. The molecule has 6 rings (SSSR count). The van der Waals surface area contributed by atoms with E-state index in [0.29, 0.717) is 6.04 Å².